The Labute approximate surface area is 152 Å². The fraction of sp³-hybridized carbons (Fsp3) is 0.353. The van der Waals surface area contributed by atoms with Crippen molar-refractivity contribution in [3.63, 3.8) is 0 Å². The van der Waals surface area contributed by atoms with Crippen LogP contribution in [-0.2, 0) is 22.5 Å². The lowest BCUT2D eigenvalue weighted by Gasteiger charge is -2.13. The number of halogens is 4. The van der Waals surface area contributed by atoms with Crippen molar-refractivity contribution in [1.29, 1.82) is 0 Å². The molecule has 26 heavy (non-hydrogen) atoms. The van der Waals surface area contributed by atoms with E-state index in [1.165, 1.54) is 6.07 Å². The normalized spacial score (nSPS) is 11.4. The molecule has 0 aliphatic heterocycles. The van der Waals surface area contributed by atoms with Crippen LogP contribution < -0.4 is 5.56 Å². The molecule has 1 aromatic carbocycles. The Hall–Kier alpha value is -2.35. The summed E-state index contributed by atoms with van der Waals surface area (Å²) in [6.45, 7) is -0.412. The van der Waals surface area contributed by atoms with Crippen molar-refractivity contribution in [3.05, 3.63) is 51.5 Å². The molecule has 0 amide bonds. The van der Waals surface area contributed by atoms with Crippen LogP contribution in [0.4, 0.5) is 13.2 Å². The van der Waals surface area contributed by atoms with Gasteiger partial charge in [-0.25, -0.2) is 4.98 Å². The molecular weight excluding hydrogens is 373 g/mol. The molecule has 0 aliphatic carbocycles. The highest BCUT2D eigenvalue weighted by molar-refractivity contribution is 6.30. The summed E-state index contributed by atoms with van der Waals surface area (Å²) in [6, 6.07) is 7.74. The maximum Gasteiger partial charge on any atom is 0.389 e. The van der Waals surface area contributed by atoms with E-state index >= 15 is 0 Å². The minimum Gasteiger partial charge on any atom is -0.468 e. The van der Waals surface area contributed by atoms with Crippen LogP contribution in [0.3, 0.4) is 0 Å². The van der Waals surface area contributed by atoms with Crippen LogP contribution in [-0.4, -0.2) is 28.8 Å². The number of carbonyl (C=O) groups is 1. The first-order valence-corrected chi connectivity index (χ1v) is 8.07. The number of benzene rings is 1. The van der Waals surface area contributed by atoms with E-state index in [0.717, 1.165) is 11.7 Å². The first-order chi connectivity index (χ1) is 12.2. The van der Waals surface area contributed by atoms with E-state index < -0.39 is 30.7 Å². The summed E-state index contributed by atoms with van der Waals surface area (Å²) in [6.07, 6.45) is -5.66. The number of nitrogens with zero attached hydrogens (tertiary/aromatic N) is 2. The van der Waals surface area contributed by atoms with Crippen LogP contribution in [0, 0.1) is 0 Å². The highest BCUT2D eigenvalue weighted by Gasteiger charge is 2.26. The molecule has 9 heteroatoms. The van der Waals surface area contributed by atoms with E-state index in [2.05, 4.69) is 9.72 Å². The van der Waals surface area contributed by atoms with E-state index in [9.17, 15) is 22.8 Å². The molecule has 2 aromatic rings. The summed E-state index contributed by atoms with van der Waals surface area (Å²) in [5.74, 6) is -0.595. The summed E-state index contributed by atoms with van der Waals surface area (Å²) >= 11 is 5.83. The molecular formula is C17H16ClF3N2O3. The zero-order valence-corrected chi connectivity index (χ0v) is 14.6. The predicted molar refractivity (Wildman–Crippen MR) is 90.0 cm³/mol. The van der Waals surface area contributed by atoms with Gasteiger partial charge in [0.25, 0.3) is 5.56 Å². The van der Waals surface area contributed by atoms with Crippen LogP contribution in [0.2, 0.25) is 5.02 Å². The molecule has 1 aromatic heterocycles. The van der Waals surface area contributed by atoms with E-state index in [1.807, 2.05) is 0 Å². The molecule has 0 N–H and O–H groups in total. The molecule has 2 rings (SSSR count). The number of aromatic nitrogens is 2. The number of aryl methyl sites for hydroxylation is 1. The summed E-state index contributed by atoms with van der Waals surface area (Å²) < 4.78 is 42.8. The third-order valence-electron chi connectivity index (χ3n) is 3.60. The average Bonchev–Trinajstić information content (AvgIpc) is 2.56. The zero-order valence-electron chi connectivity index (χ0n) is 13.8. The van der Waals surface area contributed by atoms with E-state index in [1.54, 1.807) is 24.3 Å². The number of methoxy groups -OCH3 is 1. The van der Waals surface area contributed by atoms with Gasteiger partial charge in [0.1, 0.15) is 12.4 Å². The molecule has 0 unspecified atom stereocenters. The Morgan fingerprint density at radius 2 is 1.92 bits per heavy atom. The topological polar surface area (TPSA) is 61.2 Å². The van der Waals surface area contributed by atoms with Crippen LogP contribution in [0.1, 0.15) is 18.7 Å². The third-order valence-corrected chi connectivity index (χ3v) is 3.85. The third kappa shape index (κ3) is 5.59. The fourth-order valence-corrected chi connectivity index (χ4v) is 2.45. The lowest BCUT2D eigenvalue weighted by molar-refractivity contribution is -0.141. The van der Waals surface area contributed by atoms with Gasteiger partial charge in [-0.3, -0.25) is 14.2 Å². The molecule has 140 valence electrons. The Morgan fingerprint density at radius 1 is 1.27 bits per heavy atom. The van der Waals surface area contributed by atoms with Gasteiger partial charge in [0.2, 0.25) is 0 Å². The quantitative estimate of drug-likeness (QED) is 0.709. The first-order valence-electron chi connectivity index (χ1n) is 7.70. The van der Waals surface area contributed by atoms with Gasteiger partial charge in [0.05, 0.1) is 12.8 Å². The number of hydrogen-bond acceptors (Lipinski definition) is 4. The lowest BCUT2D eigenvalue weighted by atomic mass is 10.1. The van der Waals surface area contributed by atoms with Crippen molar-refractivity contribution < 1.29 is 22.7 Å². The van der Waals surface area contributed by atoms with Gasteiger partial charge in [-0.05, 0) is 18.6 Å². The maximum atomic E-state index is 12.4. The fourth-order valence-electron chi connectivity index (χ4n) is 2.32. The first kappa shape index (κ1) is 20.0. The summed E-state index contributed by atoms with van der Waals surface area (Å²) in [7, 11) is 1.16. The van der Waals surface area contributed by atoms with Gasteiger partial charge in [-0.15, -0.1) is 0 Å². The van der Waals surface area contributed by atoms with E-state index in [-0.39, 0.29) is 18.7 Å². The standard InChI is InChI=1S/C17H16ClF3N2O3/c1-26-16(25)10-23-14(3-2-8-17(19,20)21)22-13(9-15(23)24)11-4-6-12(18)7-5-11/h4-7,9H,2-3,8,10H2,1H3. The smallest absolute Gasteiger partial charge is 0.389 e. The van der Waals surface area contributed by atoms with E-state index in [4.69, 9.17) is 11.6 Å². The molecule has 0 atom stereocenters. The number of ether oxygens (including phenoxy) is 1. The molecule has 0 radical (unpaired) electrons. The number of carbonyl (C=O) groups excluding carboxylic acids is 1. The zero-order chi connectivity index (χ0) is 19.3. The van der Waals surface area contributed by atoms with Crippen molar-refractivity contribution >= 4 is 17.6 Å². The SMILES string of the molecule is COC(=O)Cn1c(CCCC(F)(F)F)nc(-c2ccc(Cl)cc2)cc1=O. The van der Waals surface area contributed by atoms with Crippen LogP contribution >= 0.6 is 11.6 Å². The second kappa shape index (κ2) is 8.35. The van der Waals surface area contributed by atoms with Crippen molar-refractivity contribution in [2.24, 2.45) is 0 Å². The second-order valence-electron chi connectivity index (χ2n) is 5.53. The molecule has 0 saturated heterocycles. The lowest BCUT2D eigenvalue weighted by Crippen LogP contribution is -2.29. The molecule has 0 bridgehead atoms. The Balaban J connectivity index is 2.39. The van der Waals surface area contributed by atoms with Crippen LogP contribution in [0.25, 0.3) is 11.3 Å². The van der Waals surface area contributed by atoms with Crippen LogP contribution in [0.15, 0.2) is 35.1 Å². The highest BCUT2D eigenvalue weighted by atomic mass is 35.5. The predicted octanol–water partition coefficient (Wildman–Crippen LogP) is 3.62. The van der Waals surface area contributed by atoms with Crippen LogP contribution in [0.5, 0.6) is 0 Å². The highest BCUT2D eigenvalue weighted by Crippen LogP contribution is 2.23. The molecule has 0 aliphatic rings. The molecule has 5 nitrogen and oxygen atoms in total. The van der Waals surface area contributed by atoms with Gasteiger partial charge in [-0.2, -0.15) is 13.2 Å². The number of hydrogen-bond donors (Lipinski definition) is 0. The van der Waals surface area contributed by atoms with Gasteiger partial charge in [0, 0.05) is 29.5 Å². The van der Waals surface area contributed by atoms with Gasteiger partial charge >= 0.3 is 12.1 Å². The summed E-state index contributed by atoms with van der Waals surface area (Å²) in [5, 5.41) is 0.498. The number of esters is 1. The molecule has 0 spiro atoms. The summed E-state index contributed by atoms with van der Waals surface area (Å²) in [4.78, 5) is 28.2. The summed E-state index contributed by atoms with van der Waals surface area (Å²) in [5.41, 5.74) is 0.348. The Morgan fingerprint density at radius 3 is 2.50 bits per heavy atom. The van der Waals surface area contributed by atoms with Gasteiger partial charge in [0.15, 0.2) is 0 Å². The van der Waals surface area contributed by atoms with Gasteiger partial charge in [-0.1, -0.05) is 23.7 Å². The van der Waals surface area contributed by atoms with Gasteiger partial charge < -0.3 is 4.74 Å². The largest absolute Gasteiger partial charge is 0.468 e. The average molecular weight is 389 g/mol. The van der Waals surface area contributed by atoms with Crippen molar-refractivity contribution in [2.45, 2.75) is 32.0 Å². The second-order valence-corrected chi connectivity index (χ2v) is 5.97. The van der Waals surface area contributed by atoms with E-state index in [0.29, 0.717) is 16.3 Å². The van der Waals surface area contributed by atoms with Crippen molar-refractivity contribution in [1.82, 2.24) is 9.55 Å². The molecule has 1 heterocycles. The number of alkyl halides is 3. The van der Waals surface area contributed by atoms with Crippen molar-refractivity contribution in [3.8, 4) is 11.3 Å². The minimum absolute atomic E-state index is 0.0945. The number of rotatable bonds is 6. The van der Waals surface area contributed by atoms with Crippen molar-refractivity contribution in [2.75, 3.05) is 7.11 Å². The molecule has 0 saturated carbocycles. The monoisotopic (exact) mass is 388 g/mol. The minimum atomic E-state index is -4.30. The Bertz CT molecular complexity index is 833. The maximum absolute atomic E-state index is 12.4. The Kier molecular flexibility index (Phi) is 6.42. The molecule has 0 fully saturated rings.